The van der Waals surface area contributed by atoms with Gasteiger partial charge in [0, 0.05) is 11.8 Å². The van der Waals surface area contributed by atoms with E-state index in [1.165, 1.54) is 4.90 Å². The SMILES string of the molecule is O=C1C(Nc2ccc3c(c2)OCO3)=C(c2ccccc2)C(=O)N1Cc1ccccc1. The molecule has 2 aliphatic rings. The molecule has 0 bridgehead atoms. The summed E-state index contributed by atoms with van der Waals surface area (Å²) in [6.07, 6.45) is 0. The first kappa shape index (κ1) is 18.0. The van der Waals surface area contributed by atoms with Crippen LogP contribution in [0.3, 0.4) is 0 Å². The first-order chi connectivity index (χ1) is 14.7. The summed E-state index contributed by atoms with van der Waals surface area (Å²) in [4.78, 5) is 27.8. The number of fused-ring (bicyclic) bond motifs is 1. The molecular weight excluding hydrogens is 380 g/mol. The maximum Gasteiger partial charge on any atom is 0.278 e. The van der Waals surface area contributed by atoms with E-state index in [-0.39, 0.29) is 30.8 Å². The van der Waals surface area contributed by atoms with Crippen molar-refractivity contribution in [2.45, 2.75) is 6.54 Å². The first-order valence-electron chi connectivity index (χ1n) is 9.57. The van der Waals surface area contributed by atoms with Crippen LogP contribution in [-0.4, -0.2) is 23.5 Å². The molecule has 0 fully saturated rings. The number of amides is 2. The van der Waals surface area contributed by atoms with E-state index in [2.05, 4.69) is 5.32 Å². The fourth-order valence-corrected chi connectivity index (χ4v) is 3.59. The number of anilines is 1. The molecule has 0 aliphatic carbocycles. The zero-order valence-electron chi connectivity index (χ0n) is 16.0. The zero-order chi connectivity index (χ0) is 20.5. The van der Waals surface area contributed by atoms with Gasteiger partial charge in [-0.3, -0.25) is 14.5 Å². The van der Waals surface area contributed by atoms with E-state index < -0.39 is 0 Å². The van der Waals surface area contributed by atoms with Crippen molar-refractivity contribution in [1.82, 2.24) is 4.90 Å². The third kappa shape index (κ3) is 3.18. The lowest BCUT2D eigenvalue weighted by molar-refractivity contribution is -0.137. The summed E-state index contributed by atoms with van der Waals surface area (Å²) in [5.74, 6) is 0.566. The molecule has 0 unspecified atom stereocenters. The van der Waals surface area contributed by atoms with E-state index in [0.29, 0.717) is 28.3 Å². The van der Waals surface area contributed by atoms with Gasteiger partial charge in [-0.2, -0.15) is 0 Å². The Hall–Kier alpha value is -4.06. The van der Waals surface area contributed by atoms with Crippen molar-refractivity contribution in [3.05, 3.63) is 95.7 Å². The Morgan fingerprint density at radius 1 is 0.800 bits per heavy atom. The number of hydrogen-bond donors (Lipinski definition) is 1. The molecule has 5 rings (SSSR count). The maximum atomic E-state index is 13.3. The van der Waals surface area contributed by atoms with Crippen LogP contribution in [0.25, 0.3) is 5.57 Å². The topological polar surface area (TPSA) is 67.9 Å². The number of carbonyl (C=O) groups excluding carboxylic acids is 2. The van der Waals surface area contributed by atoms with Crippen LogP contribution in [0.15, 0.2) is 84.6 Å². The molecule has 6 heteroatoms. The van der Waals surface area contributed by atoms with E-state index in [1.807, 2.05) is 60.7 Å². The summed E-state index contributed by atoms with van der Waals surface area (Å²) >= 11 is 0. The summed E-state index contributed by atoms with van der Waals surface area (Å²) in [5.41, 5.74) is 2.83. The number of nitrogens with one attached hydrogen (secondary N) is 1. The quantitative estimate of drug-likeness (QED) is 0.662. The van der Waals surface area contributed by atoms with Crippen LogP contribution < -0.4 is 14.8 Å². The Morgan fingerprint density at radius 3 is 2.27 bits per heavy atom. The standard InChI is InChI=1S/C24H18N2O4/c27-23-21(17-9-5-2-6-10-17)22(24(28)26(23)14-16-7-3-1-4-8-16)25-18-11-12-19-20(13-18)30-15-29-19/h1-13,25H,14-15H2. The van der Waals surface area contributed by atoms with Crippen molar-refractivity contribution in [2.24, 2.45) is 0 Å². The lowest BCUT2D eigenvalue weighted by Gasteiger charge is -2.15. The zero-order valence-corrected chi connectivity index (χ0v) is 16.0. The fraction of sp³-hybridized carbons (Fsp3) is 0.0833. The maximum absolute atomic E-state index is 13.3. The predicted molar refractivity (Wildman–Crippen MR) is 112 cm³/mol. The average Bonchev–Trinajstić information content (AvgIpc) is 3.33. The minimum Gasteiger partial charge on any atom is -0.454 e. The fourth-order valence-electron chi connectivity index (χ4n) is 3.59. The van der Waals surface area contributed by atoms with Gasteiger partial charge in [0.25, 0.3) is 11.8 Å². The van der Waals surface area contributed by atoms with Crippen LogP contribution in [0.5, 0.6) is 11.5 Å². The second-order valence-corrected chi connectivity index (χ2v) is 6.99. The number of benzene rings is 3. The van der Waals surface area contributed by atoms with Crippen molar-refractivity contribution in [2.75, 3.05) is 12.1 Å². The number of imide groups is 1. The third-order valence-electron chi connectivity index (χ3n) is 5.06. The highest BCUT2D eigenvalue weighted by atomic mass is 16.7. The van der Waals surface area contributed by atoms with Gasteiger partial charge in [-0.05, 0) is 23.3 Å². The molecule has 3 aromatic rings. The molecule has 2 aliphatic heterocycles. The van der Waals surface area contributed by atoms with Gasteiger partial charge in [-0.1, -0.05) is 60.7 Å². The molecule has 0 spiro atoms. The smallest absolute Gasteiger partial charge is 0.278 e. The van der Waals surface area contributed by atoms with Gasteiger partial charge in [-0.25, -0.2) is 0 Å². The molecule has 30 heavy (non-hydrogen) atoms. The molecule has 3 aromatic carbocycles. The summed E-state index contributed by atoms with van der Waals surface area (Å²) in [7, 11) is 0. The number of nitrogens with zero attached hydrogens (tertiary/aromatic N) is 1. The minimum absolute atomic E-state index is 0.166. The van der Waals surface area contributed by atoms with Gasteiger partial charge in [0.15, 0.2) is 11.5 Å². The summed E-state index contributed by atoms with van der Waals surface area (Å²) in [6, 6.07) is 24.0. The van der Waals surface area contributed by atoms with Crippen LogP contribution in [-0.2, 0) is 16.1 Å². The van der Waals surface area contributed by atoms with Gasteiger partial charge in [0.2, 0.25) is 6.79 Å². The molecule has 0 aromatic heterocycles. The Morgan fingerprint density at radius 2 is 1.50 bits per heavy atom. The molecule has 1 N–H and O–H groups in total. The highest BCUT2D eigenvalue weighted by Gasteiger charge is 2.39. The lowest BCUT2D eigenvalue weighted by Crippen LogP contribution is -2.31. The summed E-state index contributed by atoms with van der Waals surface area (Å²) in [5, 5.41) is 3.15. The largest absolute Gasteiger partial charge is 0.454 e. The molecule has 0 atom stereocenters. The van der Waals surface area contributed by atoms with E-state index >= 15 is 0 Å². The molecule has 0 radical (unpaired) electrons. The molecule has 6 nitrogen and oxygen atoms in total. The third-order valence-corrected chi connectivity index (χ3v) is 5.06. The van der Waals surface area contributed by atoms with Crippen LogP contribution in [0, 0.1) is 0 Å². The van der Waals surface area contributed by atoms with Crippen LogP contribution in [0.1, 0.15) is 11.1 Å². The van der Waals surface area contributed by atoms with Gasteiger partial charge >= 0.3 is 0 Å². The second-order valence-electron chi connectivity index (χ2n) is 6.99. The van der Waals surface area contributed by atoms with Crippen molar-refractivity contribution < 1.29 is 19.1 Å². The van der Waals surface area contributed by atoms with Gasteiger partial charge in [0.05, 0.1) is 12.1 Å². The van der Waals surface area contributed by atoms with Crippen molar-refractivity contribution in [3.8, 4) is 11.5 Å². The Labute approximate surface area is 173 Å². The van der Waals surface area contributed by atoms with Crippen LogP contribution in [0.4, 0.5) is 5.69 Å². The highest BCUT2D eigenvalue weighted by Crippen LogP contribution is 2.36. The Bertz CT molecular complexity index is 1160. The molecular formula is C24H18N2O4. The molecule has 2 amide bonds. The number of ether oxygens (including phenoxy) is 2. The van der Waals surface area contributed by atoms with E-state index in [1.54, 1.807) is 18.2 Å². The normalized spacial score (nSPS) is 15.1. The van der Waals surface area contributed by atoms with Crippen molar-refractivity contribution >= 4 is 23.1 Å². The average molecular weight is 398 g/mol. The number of rotatable bonds is 5. The highest BCUT2D eigenvalue weighted by molar-refractivity contribution is 6.36. The first-order valence-corrected chi connectivity index (χ1v) is 9.57. The molecule has 2 heterocycles. The van der Waals surface area contributed by atoms with Gasteiger partial charge in [0.1, 0.15) is 5.70 Å². The van der Waals surface area contributed by atoms with E-state index in [4.69, 9.17) is 9.47 Å². The van der Waals surface area contributed by atoms with Crippen molar-refractivity contribution in [3.63, 3.8) is 0 Å². The lowest BCUT2D eigenvalue weighted by atomic mass is 10.0. The number of carbonyl (C=O) groups is 2. The van der Waals surface area contributed by atoms with Crippen molar-refractivity contribution in [1.29, 1.82) is 0 Å². The molecule has 0 saturated carbocycles. The summed E-state index contributed by atoms with van der Waals surface area (Å²) < 4.78 is 10.8. The monoisotopic (exact) mass is 398 g/mol. The Balaban J connectivity index is 1.52. The molecule has 148 valence electrons. The second kappa shape index (κ2) is 7.40. The van der Waals surface area contributed by atoms with Crippen LogP contribution in [0.2, 0.25) is 0 Å². The summed E-state index contributed by atoms with van der Waals surface area (Å²) in [6.45, 7) is 0.375. The minimum atomic E-state index is -0.361. The Kier molecular flexibility index (Phi) is 4.44. The van der Waals surface area contributed by atoms with E-state index in [9.17, 15) is 9.59 Å². The van der Waals surface area contributed by atoms with Gasteiger partial charge in [-0.15, -0.1) is 0 Å². The molecule has 0 saturated heterocycles. The van der Waals surface area contributed by atoms with Gasteiger partial charge < -0.3 is 14.8 Å². The number of hydrogen-bond acceptors (Lipinski definition) is 5. The predicted octanol–water partition coefficient (Wildman–Crippen LogP) is 3.81. The van der Waals surface area contributed by atoms with E-state index in [0.717, 1.165) is 5.56 Å². The van der Waals surface area contributed by atoms with Crippen LogP contribution >= 0.6 is 0 Å².